The lowest BCUT2D eigenvalue weighted by Crippen LogP contribution is -2.20. The topological polar surface area (TPSA) is 82.8 Å². The van der Waals surface area contributed by atoms with Gasteiger partial charge in [-0.2, -0.15) is 0 Å². The van der Waals surface area contributed by atoms with Crippen molar-refractivity contribution in [3.63, 3.8) is 0 Å². The fourth-order valence-electron chi connectivity index (χ4n) is 1.35. The molecule has 0 spiro atoms. The number of nitrogens with one attached hydrogen (secondary N) is 1. The average Bonchev–Trinajstić information content (AvgIpc) is 2.42. The fraction of sp³-hybridized carbons (Fsp3) is 0.462. The first-order chi connectivity index (χ1) is 9.63. The molecule has 7 heteroatoms. The number of ether oxygens (including phenoxy) is 3. The third-order valence-corrected chi connectivity index (χ3v) is 2.63. The molecule has 1 aromatic carbocycles. The van der Waals surface area contributed by atoms with E-state index in [1.807, 2.05) is 0 Å². The van der Waals surface area contributed by atoms with Crippen LogP contribution in [0.2, 0.25) is 5.02 Å². The van der Waals surface area contributed by atoms with E-state index in [9.17, 15) is 4.79 Å². The molecule has 20 heavy (non-hydrogen) atoms. The molecule has 0 fully saturated rings. The lowest BCUT2D eigenvalue weighted by Gasteiger charge is -2.09. The number of carbonyl (C=O) groups is 1. The summed E-state index contributed by atoms with van der Waals surface area (Å²) in [5, 5.41) is 3.05. The Bertz CT molecular complexity index is 429. The van der Waals surface area contributed by atoms with Gasteiger partial charge in [0.1, 0.15) is 6.61 Å². The highest BCUT2D eigenvalue weighted by Crippen LogP contribution is 2.23. The van der Waals surface area contributed by atoms with Crippen molar-refractivity contribution < 1.29 is 19.0 Å². The molecule has 0 atom stereocenters. The molecule has 0 saturated carbocycles. The van der Waals surface area contributed by atoms with E-state index in [0.29, 0.717) is 42.8 Å². The van der Waals surface area contributed by atoms with Gasteiger partial charge in [0.25, 0.3) is 0 Å². The molecule has 0 aliphatic rings. The Labute approximate surface area is 123 Å². The van der Waals surface area contributed by atoms with Gasteiger partial charge >= 0.3 is 0 Å². The van der Waals surface area contributed by atoms with E-state index in [4.69, 9.17) is 31.5 Å². The minimum atomic E-state index is -0.297. The van der Waals surface area contributed by atoms with E-state index in [0.717, 1.165) is 0 Å². The largest absolute Gasteiger partial charge is 0.399 e. The van der Waals surface area contributed by atoms with Gasteiger partial charge in [-0.05, 0) is 18.2 Å². The Morgan fingerprint density at radius 1 is 1.25 bits per heavy atom. The van der Waals surface area contributed by atoms with Crippen LogP contribution < -0.4 is 11.1 Å². The van der Waals surface area contributed by atoms with Crippen LogP contribution in [0.1, 0.15) is 0 Å². The van der Waals surface area contributed by atoms with Gasteiger partial charge in [-0.25, -0.2) is 0 Å². The summed E-state index contributed by atoms with van der Waals surface area (Å²) in [6, 6.07) is 4.87. The van der Waals surface area contributed by atoms with E-state index < -0.39 is 0 Å². The molecule has 0 unspecified atom stereocenters. The van der Waals surface area contributed by atoms with Crippen molar-refractivity contribution in [2.45, 2.75) is 0 Å². The molecule has 0 saturated heterocycles. The first kappa shape index (κ1) is 16.7. The molecule has 6 nitrogen and oxygen atoms in total. The maximum atomic E-state index is 11.6. The minimum absolute atomic E-state index is 0.0707. The van der Waals surface area contributed by atoms with Gasteiger partial charge in [-0.3, -0.25) is 4.79 Å². The Morgan fingerprint density at radius 3 is 2.70 bits per heavy atom. The third kappa shape index (κ3) is 6.72. The molecular weight excluding hydrogens is 284 g/mol. The maximum absolute atomic E-state index is 11.6. The second-order valence-electron chi connectivity index (χ2n) is 3.95. The number of nitrogen functional groups attached to an aromatic ring is 1. The van der Waals surface area contributed by atoms with Crippen LogP contribution in [0.5, 0.6) is 0 Å². The summed E-state index contributed by atoms with van der Waals surface area (Å²) in [4.78, 5) is 11.6. The molecule has 0 aliphatic heterocycles. The zero-order valence-corrected chi connectivity index (χ0v) is 12.1. The molecule has 1 aromatic rings. The van der Waals surface area contributed by atoms with Crippen molar-refractivity contribution in [3.05, 3.63) is 23.2 Å². The third-order valence-electron chi connectivity index (χ3n) is 2.30. The van der Waals surface area contributed by atoms with Crippen molar-refractivity contribution in [2.24, 2.45) is 0 Å². The van der Waals surface area contributed by atoms with Crippen molar-refractivity contribution in [3.8, 4) is 0 Å². The normalized spacial score (nSPS) is 10.5. The van der Waals surface area contributed by atoms with Crippen LogP contribution in [0.25, 0.3) is 0 Å². The summed E-state index contributed by atoms with van der Waals surface area (Å²) in [7, 11) is 1.60. The molecule has 0 radical (unpaired) electrons. The van der Waals surface area contributed by atoms with E-state index in [-0.39, 0.29) is 12.5 Å². The molecule has 1 amide bonds. The lowest BCUT2D eigenvalue weighted by atomic mass is 10.3. The summed E-state index contributed by atoms with van der Waals surface area (Å²) < 4.78 is 15.2. The van der Waals surface area contributed by atoms with Gasteiger partial charge in [0.05, 0.1) is 37.1 Å². The standard InChI is InChI=1S/C13H19ClN2O4/c1-18-4-5-19-6-7-20-9-13(17)16-12-8-10(15)2-3-11(12)14/h2-3,8H,4-7,9,15H2,1H3,(H,16,17). The predicted molar refractivity (Wildman–Crippen MR) is 78.0 cm³/mol. The number of anilines is 2. The molecular formula is C13H19ClN2O4. The van der Waals surface area contributed by atoms with Crippen LogP contribution in [0.4, 0.5) is 11.4 Å². The smallest absolute Gasteiger partial charge is 0.250 e. The fourth-order valence-corrected chi connectivity index (χ4v) is 1.52. The van der Waals surface area contributed by atoms with Crippen molar-refractivity contribution in [1.82, 2.24) is 0 Å². The molecule has 112 valence electrons. The number of hydrogen-bond donors (Lipinski definition) is 2. The van der Waals surface area contributed by atoms with E-state index >= 15 is 0 Å². The van der Waals surface area contributed by atoms with Gasteiger partial charge < -0.3 is 25.3 Å². The Kier molecular flexibility index (Phi) is 7.98. The van der Waals surface area contributed by atoms with Crippen molar-refractivity contribution in [2.75, 3.05) is 51.2 Å². The molecule has 3 N–H and O–H groups in total. The van der Waals surface area contributed by atoms with E-state index in [2.05, 4.69) is 5.32 Å². The van der Waals surface area contributed by atoms with Crippen LogP contribution in [-0.4, -0.2) is 46.1 Å². The van der Waals surface area contributed by atoms with Gasteiger partial charge in [0.2, 0.25) is 5.91 Å². The number of hydrogen-bond acceptors (Lipinski definition) is 5. The SMILES string of the molecule is COCCOCCOCC(=O)Nc1cc(N)ccc1Cl. The highest BCUT2D eigenvalue weighted by atomic mass is 35.5. The van der Waals surface area contributed by atoms with Gasteiger partial charge in [-0.1, -0.05) is 11.6 Å². The zero-order valence-electron chi connectivity index (χ0n) is 11.4. The Morgan fingerprint density at radius 2 is 1.95 bits per heavy atom. The summed E-state index contributed by atoms with van der Waals surface area (Å²) in [6.07, 6.45) is 0. The van der Waals surface area contributed by atoms with Crippen LogP contribution >= 0.6 is 11.6 Å². The van der Waals surface area contributed by atoms with Crippen molar-refractivity contribution in [1.29, 1.82) is 0 Å². The highest BCUT2D eigenvalue weighted by molar-refractivity contribution is 6.33. The summed E-state index contributed by atoms with van der Waals surface area (Å²) in [6.45, 7) is 1.72. The summed E-state index contributed by atoms with van der Waals surface area (Å²) >= 11 is 5.93. The Hall–Kier alpha value is -1.34. The number of rotatable bonds is 9. The molecule has 0 bridgehead atoms. The van der Waals surface area contributed by atoms with E-state index in [1.54, 1.807) is 25.3 Å². The summed E-state index contributed by atoms with van der Waals surface area (Å²) in [5.74, 6) is -0.297. The monoisotopic (exact) mass is 302 g/mol. The van der Waals surface area contributed by atoms with E-state index in [1.165, 1.54) is 0 Å². The van der Waals surface area contributed by atoms with Gasteiger partial charge in [0.15, 0.2) is 0 Å². The van der Waals surface area contributed by atoms with Crippen LogP contribution in [0.3, 0.4) is 0 Å². The Balaban J connectivity index is 2.19. The molecule has 0 heterocycles. The van der Waals surface area contributed by atoms with Gasteiger partial charge in [-0.15, -0.1) is 0 Å². The second kappa shape index (κ2) is 9.55. The lowest BCUT2D eigenvalue weighted by molar-refractivity contribution is -0.121. The van der Waals surface area contributed by atoms with Crippen LogP contribution in [0, 0.1) is 0 Å². The number of nitrogens with two attached hydrogens (primary N) is 1. The van der Waals surface area contributed by atoms with Crippen molar-refractivity contribution >= 4 is 28.9 Å². The first-order valence-electron chi connectivity index (χ1n) is 6.12. The zero-order chi connectivity index (χ0) is 14.8. The quantitative estimate of drug-likeness (QED) is 0.534. The number of carbonyl (C=O) groups excluding carboxylic acids is 1. The first-order valence-corrected chi connectivity index (χ1v) is 6.50. The maximum Gasteiger partial charge on any atom is 0.250 e. The number of halogens is 1. The van der Waals surface area contributed by atoms with Gasteiger partial charge in [0, 0.05) is 12.8 Å². The molecule has 0 aromatic heterocycles. The van der Waals surface area contributed by atoms with Crippen LogP contribution in [0.15, 0.2) is 18.2 Å². The predicted octanol–water partition coefficient (Wildman–Crippen LogP) is 1.54. The average molecular weight is 303 g/mol. The second-order valence-corrected chi connectivity index (χ2v) is 4.35. The molecule has 1 rings (SSSR count). The molecule has 0 aliphatic carbocycles. The highest BCUT2D eigenvalue weighted by Gasteiger charge is 2.06. The van der Waals surface area contributed by atoms with Crippen LogP contribution in [-0.2, 0) is 19.0 Å². The number of amides is 1. The number of benzene rings is 1. The summed E-state index contributed by atoms with van der Waals surface area (Å²) in [5.41, 5.74) is 6.61. The minimum Gasteiger partial charge on any atom is -0.399 e. The number of methoxy groups -OCH3 is 1.